The van der Waals surface area contributed by atoms with Crippen LogP contribution in [-0.4, -0.2) is 11.9 Å². The average molecular weight is 222 g/mol. The van der Waals surface area contributed by atoms with Crippen LogP contribution in [0.4, 0.5) is 0 Å². The van der Waals surface area contributed by atoms with Gasteiger partial charge in [-0.05, 0) is 11.1 Å². The van der Waals surface area contributed by atoms with Gasteiger partial charge in [0.05, 0.1) is 0 Å². The molecule has 2 nitrogen and oxygen atoms in total. The van der Waals surface area contributed by atoms with Gasteiger partial charge in [-0.25, -0.2) is 0 Å². The van der Waals surface area contributed by atoms with E-state index in [1.54, 1.807) is 0 Å². The Hall–Kier alpha value is 2.62. The number of rotatable bonds is 0. The Labute approximate surface area is 107 Å². The molecule has 0 amide bonds. The zero-order valence-electron chi connectivity index (χ0n) is 3.86. The van der Waals surface area contributed by atoms with Gasteiger partial charge in [0, 0.05) is 0 Å². The van der Waals surface area contributed by atoms with E-state index in [2.05, 4.69) is 0 Å². The molecule has 44 valence electrons. The topological polar surface area (TPSA) is 40.1 Å². The van der Waals surface area contributed by atoms with E-state index in [1.165, 1.54) is 0 Å². The van der Waals surface area contributed by atoms with Crippen LogP contribution in [0.15, 0.2) is 0 Å². The zero-order valence-corrected chi connectivity index (χ0v) is 10.1. The van der Waals surface area contributed by atoms with E-state index in [9.17, 15) is 8.76 Å². The molecule has 0 aromatic carbocycles. The van der Waals surface area contributed by atoms with Crippen molar-refractivity contribution >= 4 is 45.9 Å². The second-order valence-corrected chi connectivity index (χ2v) is 4.72. The van der Waals surface area contributed by atoms with Crippen molar-refractivity contribution in [3.63, 3.8) is 0 Å². The molecule has 0 N–H and O–H groups in total. The first-order valence-corrected chi connectivity index (χ1v) is 3.31. The van der Waals surface area contributed by atoms with Crippen molar-refractivity contribution in [3.05, 3.63) is 0 Å². The summed E-state index contributed by atoms with van der Waals surface area (Å²) in [5.41, 5.74) is 0. The molecule has 7 heteroatoms. The van der Waals surface area contributed by atoms with Crippen LogP contribution in [0.25, 0.3) is 0 Å². The predicted molar refractivity (Wildman–Crippen MR) is 29.2 cm³/mol. The van der Waals surface area contributed by atoms with Crippen LogP contribution in [0.5, 0.6) is 0 Å². The first kappa shape index (κ1) is 13.2. The number of hydrogen-bond acceptors (Lipinski definition) is 2. The van der Waals surface area contributed by atoms with Crippen LogP contribution in [-0.2, 0) is 11.1 Å². The third-order valence-electron chi connectivity index (χ3n) is 0.189. The third-order valence-corrected chi connectivity index (χ3v) is 1.70. The molecule has 1 atom stereocenters. The molecule has 0 aromatic rings. The Morgan fingerprint density at radius 3 is 1.50 bits per heavy atom. The van der Waals surface area contributed by atoms with Crippen LogP contribution in [0.3, 0.4) is 0 Å². The molecule has 0 radical (unpaired) electrons. The van der Waals surface area contributed by atoms with Crippen molar-refractivity contribution in [2.45, 2.75) is 3.12 Å². The first-order chi connectivity index (χ1) is 2.94. The Kier molecular flexibility index (Phi) is 8.75. The summed E-state index contributed by atoms with van der Waals surface area (Å²) in [4.78, 5) is 0. The molecule has 0 aliphatic carbocycles. The summed E-state index contributed by atoms with van der Waals surface area (Å²) in [6, 6.07) is 0. The summed E-state index contributed by atoms with van der Waals surface area (Å²) in [5, 5.41) is 0. The molecule has 0 bridgehead atoms. The van der Waals surface area contributed by atoms with Gasteiger partial charge in [0.1, 0.15) is 0 Å². The van der Waals surface area contributed by atoms with Crippen molar-refractivity contribution < 1.29 is 60.1 Å². The summed E-state index contributed by atoms with van der Waals surface area (Å²) in [6.45, 7) is 0. The molecule has 8 heavy (non-hydrogen) atoms. The monoisotopic (exact) mass is 220 g/mol. The van der Waals surface area contributed by atoms with Crippen LogP contribution in [0, 0.1) is 0 Å². The molecular weight excluding hydrogens is 222 g/mol. The molecule has 0 rings (SSSR count). The van der Waals surface area contributed by atoms with E-state index in [0.29, 0.717) is 0 Å². The average Bonchev–Trinajstić information content (AvgIpc) is 1.31. The van der Waals surface area contributed by atoms with Crippen molar-refractivity contribution in [1.29, 1.82) is 0 Å². The van der Waals surface area contributed by atoms with Gasteiger partial charge < -0.3 is 4.55 Å². The second kappa shape index (κ2) is 5.29. The van der Waals surface area contributed by atoms with E-state index in [-0.39, 0.29) is 51.4 Å². The second-order valence-electron chi connectivity index (χ2n) is 0.680. The molecule has 0 spiro atoms. The summed E-state index contributed by atoms with van der Waals surface area (Å²) in [7, 11) is 0. The van der Waals surface area contributed by atoms with Crippen LogP contribution >= 0.6 is 34.8 Å². The smallest absolute Gasteiger partial charge is 0.769 e. The normalized spacial score (nSPS) is 14.5. The fourth-order valence-corrected chi connectivity index (χ4v) is 0. The van der Waals surface area contributed by atoms with Gasteiger partial charge in [-0.3, -0.25) is 4.21 Å². The van der Waals surface area contributed by atoms with Crippen molar-refractivity contribution in [3.8, 4) is 0 Å². The summed E-state index contributed by atoms with van der Waals surface area (Å²) < 4.78 is 17.1. The summed E-state index contributed by atoms with van der Waals surface area (Å²) in [6.07, 6.45) is 0. The fourth-order valence-electron chi connectivity index (χ4n) is 0. The number of hydrogen-bond donors (Lipinski definition) is 0. The summed E-state index contributed by atoms with van der Waals surface area (Å²) >= 11 is 11.7. The van der Waals surface area contributed by atoms with Gasteiger partial charge in [0.25, 0.3) is 3.12 Å². The maximum Gasteiger partial charge on any atom is 1.00 e. The molecule has 0 heterocycles. The number of halogens is 3. The predicted octanol–water partition coefficient (Wildman–Crippen LogP) is -1.80. The molecule has 0 saturated carbocycles. The maximum absolute atomic E-state index is 9.62. The Morgan fingerprint density at radius 1 is 1.38 bits per heavy atom. The molecule has 0 saturated heterocycles. The Morgan fingerprint density at radius 2 is 1.50 bits per heavy atom. The quantitative estimate of drug-likeness (QED) is 0.275. The Bertz CT molecular complexity index is 89.8. The van der Waals surface area contributed by atoms with Gasteiger partial charge in [0.2, 0.25) is 0 Å². The standard InChI is InChI=1S/CHCl3O2S.K/c2-1(3,4)7(5)6;/h(H,5,6);/q;+1/p-1. The minimum atomic E-state index is -2.64. The number of alkyl halides is 3. The van der Waals surface area contributed by atoms with E-state index < -0.39 is 14.2 Å². The van der Waals surface area contributed by atoms with Gasteiger partial charge in [-0.15, -0.1) is 0 Å². The fraction of sp³-hybridized carbons (Fsp3) is 1.00. The van der Waals surface area contributed by atoms with Crippen molar-refractivity contribution in [2.24, 2.45) is 0 Å². The molecule has 0 aliphatic heterocycles. The summed E-state index contributed by atoms with van der Waals surface area (Å²) in [5.74, 6) is 0. The minimum absolute atomic E-state index is 0. The molecule has 0 fully saturated rings. The third kappa shape index (κ3) is 6.73. The molecular formula is CCl3KO2S. The van der Waals surface area contributed by atoms with E-state index in [0.717, 1.165) is 0 Å². The van der Waals surface area contributed by atoms with Crippen molar-refractivity contribution in [2.75, 3.05) is 0 Å². The van der Waals surface area contributed by atoms with Gasteiger partial charge >= 0.3 is 51.4 Å². The van der Waals surface area contributed by atoms with Crippen LogP contribution in [0.1, 0.15) is 0 Å². The molecule has 1 unspecified atom stereocenters. The van der Waals surface area contributed by atoms with E-state index in [1.807, 2.05) is 0 Å². The Balaban J connectivity index is 0. The van der Waals surface area contributed by atoms with Crippen LogP contribution in [0.2, 0.25) is 0 Å². The SMILES string of the molecule is O=S([O-])C(Cl)(Cl)Cl.[K+]. The van der Waals surface area contributed by atoms with Crippen LogP contribution < -0.4 is 51.4 Å². The first-order valence-electron chi connectivity index (χ1n) is 1.10. The molecule has 0 aliphatic rings. The van der Waals surface area contributed by atoms with Gasteiger partial charge in [-0.2, -0.15) is 0 Å². The van der Waals surface area contributed by atoms with E-state index >= 15 is 0 Å². The minimum Gasteiger partial charge on any atom is -0.769 e. The van der Waals surface area contributed by atoms with Gasteiger partial charge in [0.15, 0.2) is 0 Å². The van der Waals surface area contributed by atoms with Crippen molar-refractivity contribution in [1.82, 2.24) is 0 Å². The molecule has 0 aromatic heterocycles. The van der Waals surface area contributed by atoms with Gasteiger partial charge in [-0.1, -0.05) is 34.8 Å². The van der Waals surface area contributed by atoms with E-state index in [4.69, 9.17) is 34.8 Å². The maximum atomic E-state index is 9.62. The largest absolute Gasteiger partial charge is 1.00 e. The zero-order chi connectivity index (χ0) is 6.08.